The summed E-state index contributed by atoms with van der Waals surface area (Å²) in [5.74, 6) is -23.0. The van der Waals surface area contributed by atoms with E-state index in [4.69, 9.17) is 0 Å². The number of benzene rings is 2. The Hall–Kier alpha value is -0.430. The number of rotatable bonds is 4. The van der Waals surface area contributed by atoms with Gasteiger partial charge < -0.3 is 0 Å². The second-order valence-corrected chi connectivity index (χ2v) is 21.3. The van der Waals surface area contributed by atoms with E-state index in [0.29, 0.717) is 0 Å². The summed E-state index contributed by atoms with van der Waals surface area (Å²) < 4.78 is 130. The molecular formula is C12H3F10PS4. The van der Waals surface area contributed by atoms with Gasteiger partial charge in [0.05, 0.1) is 0 Å². The summed E-state index contributed by atoms with van der Waals surface area (Å²) in [4.78, 5) is -2.92. The average Bonchev–Trinajstić information content (AvgIpc) is 2.62. The molecule has 150 valence electrons. The van der Waals surface area contributed by atoms with Gasteiger partial charge in [-0.05, 0) is 0 Å². The molecule has 0 unspecified atom stereocenters. The summed E-state index contributed by atoms with van der Waals surface area (Å²) in [7, 11) is 0. The van der Waals surface area contributed by atoms with Gasteiger partial charge in [-0.2, -0.15) is 0 Å². The second-order valence-electron chi connectivity index (χ2n) is 4.55. The van der Waals surface area contributed by atoms with E-state index in [1.807, 2.05) is 0 Å². The zero-order valence-corrected chi connectivity index (χ0v) is 16.4. The van der Waals surface area contributed by atoms with E-state index in [0.717, 1.165) is 0 Å². The first kappa shape index (κ1) is 22.9. The van der Waals surface area contributed by atoms with Crippen molar-refractivity contribution in [1.29, 1.82) is 0 Å². The zero-order valence-electron chi connectivity index (χ0n) is 12.0. The molecule has 0 fully saturated rings. The topological polar surface area (TPSA) is 0 Å². The number of thiol groups is 2. The Morgan fingerprint density at radius 1 is 0.407 bits per heavy atom. The van der Waals surface area contributed by atoms with Gasteiger partial charge in [0.15, 0.2) is 0 Å². The van der Waals surface area contributed by atoms with Gasteiger partial charge in [0.25, 0.3) is 0 Å². The molecule has 0 saturated carbocycles. The predicted octanol–water partition coefficient (Wildman–Crippen LogP) is 7.23. The molecule has 0 spiro atoms. The second kappa shape index (κ2) is 8.13. The van der Waals surface area contributed by atoms with E-state index >= 15 is 0 Å². The maximum atomic E-state index is 13.7. The molecule has 2 aromatic carbocycles. The zero-order chi connectivity index (χ0) is 20.8. The molecule has 0 bridgehead atoms. The van der Waals surface area contributed by atoms with Gasteiger partial charge in [-0.15, -0.1) is 0 Å². The third-order valence-electron chi connectivity index (χ3n) is 2.81. The molecule has 0 atom stereocenters. The standard InChI is InChI=1S/C12H3F10PS4/c13-1-3(15)7(19)11(8(20)4(1)16)26-23(24,25)27-12-9(21)5(17)2(14)6(18)10(12)22/h23-25H. The quantitative estimate of drug-likeness (QED) is 0.151. The summed E-state index contributed by atoms with van der Waals surface area (Å²) >= 11 is 7.20. The van der Waals surface area contributed by atoms with Crippen LogP contribution in [0, 0.1) is 58.2 Å². The Kier molecular flexibility index (Phi) is 6.88. The molecule has 0 nitrogen and oxygen atoms in total. The molecule has 0 amide bonds. The first-order chi connectivity index (χ1) is 12.3. The van der Waals surface area contributed by atoms with Gasteiger partial charge in [-0.25, -0.2) is 0 Å². The van der Waals surface area contributed by atoms with Crippen LogP contribution in [0.25, 0.3) is 0 Å². The van der Waals surface area contributed by atoms with Crippen molar-refractivity contribution < 1.29 is 43.9 Å². The fourth-order valence-electron chi connectivity index (χ4n) is 1.64. The fraction of sp³-hybridized carbons (Fsp3) is 0. The van der Waals surface area contributed by atoms with Crippen LogP contribution in [-0.4, -0.2) is 0 Å². The van der Waals surface area contributed by atoms with Crippen LogP contribution in [0.3, 0.4) is 0 Å². The van der Waals surface area contributed by atoms with E-state index < -0.39 is 72.0 Å². The molecule has 0 aliphatic rings. The Morgan fingerprint density at radius 2 is 0.593 bits per heavy atom. The molecule has 0 radical (unpaired) electrons. The minimum absolute atomic E-state index is 0.174. The van der Waals surface area contributed by atoms with Gasteiger partial charge in [-0.3, -0.25) is 0 Å². The molecule has 27 heavy (non-hydrogen) atoms. The number of halogens is 10. The first-order valence-electron chi connectivity index (χ1n) is 6.15. The van der Waals surface area contributed by atoms with Crippen LogP contribution >= 0.6 is 51.3 Å². The van der Waals surface area contributed by atoms with Gasteiger partial charge in [-0.1, -0.05) is 0 Å². The third kappa shape index (κ3) is 4.29. The van der Waals surface area contributed by atoms with Gasteiger partial charge in [0, 0.05) is 0 Å². The van der Waals surface area contributed by atoms with Crippen molar-refractivity contribution in [2.24, 2.45) is 0 Å². The first-order valence-corrected chi connectivity index (χ1v) is 13.8. The van der Waals surface area contributed by atoms with Gasteiger partial charge >= 0.3 is 163 Å². The van der Waals surface area contributed by atoms with Crippen molar-refractivity contribution in [2.75, 3.05) is 0 Å². The molecular weight excluding hydrogens is 493 g/mol. The summed E-state index contributed by atoms with van der Waals surface area (Å²) in [5, 5.41) is 0. The van der Waals surface area contributed by atoms with Crippen LogP contribution in [0.1, 0.15) is 0 Å². The minimum atomic E-state index is -4.09. The van der Waals surface area contributed by atoms with Crippen molar-refractivity contribution in [3.8, 4) is 0 Å². The molecule has 2 aromatic rings. The molecule has 0 saturated heterocycles. The predicted molar refractivity (Wildman–Crippen MR) is 90.5 cm³/mol. The van der Waals surface area contributed by atoms with Crippen LogP contribution < -0.4 is 0 Å². The number of hydrogen-bond acceptors (Lipinski definition) is 4. The normalized spacial score (nSPS) is 12.6. The van der Waals surface area contributed by atoms with E-state index in [2.05, 4.69) is 24.5 Å². The van der Waals surface area contributed by atoms with E-state index in [9.17, 15) is 43.9 Å². The van der Waals surface area contributed by atoms with E-state index in [1.54, 1.807) is 0 Å². The maximum absolute atomic E-state index is 13.7. The van der Waals surface area contributed by atoms with Crippen molar-refractivity contribution in [3.05, 3.63) is 58.2 Å². The molecule has 15 heteroatoms. The van der Waals surface area contributed by atoms with Crippen LogP contribution in [0.5, 0.6) is 0 Å². The molecule has 2 rings (SSSR count). The van der Waals surface area contributed by atoms with Crippen molar-refractivity contribution in [1.82, 2.24) is 0 Å². The third-order valence-corrected chi connectivity index (χ3v) is 12.1. The van der Waals surface area contributed by atoms with Crippen LogP contribution in [-0.2, 0) is 0 Å². The Balaban J connectivity index is 2.49. The van der Waals surface area contributed by atoms with Crippen LogP contribution in [0.2, 0.25) is 0 Å². The average molecular weight is 496 g/mol. The molecule has 0 aliphatic carbocycles. The molecule has 0 heterocycles. The number of hydrogen-bond donors (Lipinski definition) is 2. The molecule has 0 N–H and O–H groups in total. The van der Waals surface area contributed by atoms with Crippen molar-refractivity contribution in [2.45, 2.75) is 9.79 Å². The Bertz CT molecular complexity index is 804. The monoisotopic (exact) mass is 496 g/mol. The summed E-state index contributed by atoms with van der Waals surface area (Å²) in [6.07, 6.45) is 0. The van der Waals surface area contributed by atoms with Gasteiger partial charge in [0.2, 0.25) is 0 Å². The molecule has 0 aliphatic heterocycles. The summed E-state index contributed by atoms with van der Waals surface area (Å²) in [5.41, 5.74) is 0. The van der Waals surface area contributed by atoms with E-state index in [-0.39, 0.29) is 22.8 Å². The fourth-order valence-corrected chi connectivity index (χ4v) is 10.9. The summed E-state index contributed by atoms with van der Waals surface area (Å²) in [6, 6.07) is 0. The Morgan fingerprint density at radius 3 is 0.815 bits per heavy atom. The molecule has 0 aromatic heterocycles. The Labute approximate surface area is 163 Å². The van der Waals surface area contributed by atoms with Crippen molar-refractivity contribution in [3.63, 3.8) is 0 Å². The van der Waals surface area contributed by atoms with Crippen LogP contribution in [0.4, 0.5) is 43.9 Å². The van der Waals surface area contributed by atoms with Crippen LogP contribution in [0.15, 0.2) is 9.79 Å². The van der Waals surface area contributed by atoms with Gasteiger partial charge in [0.1, 0.15) is 0 Å². The SMILES string of the molecule is Fc1c(F)c(F)c(S[PH](S)(S)Sc2c(F)c(F)c(F)c(F)c2F)c(F)c1F. The van der Waals surface area contributed by atoms with Crippen molar-refractivity contribution >= 4 is 51.3 Å². The van der Waals surface area contributed by atoms with E-state index in [1.165, 1.54) is 0 Å². The summed E-state index contributed by atoms with van der Waals surface area (Å²) in [6.45, 7) is 0.